The number of hydrogen-bond donors (Lipinski definition) is 1. The maximum absolute atomic E-state index is 12.1. The number of benzene rings is 1. The summed E-state index contributed by atoms with van der Waals surface area (Å²) in [5.41, 5.74) is 2.69. The Morgan fingerprint density at radius 2 is 2.17 bits per heavy atom. The van der Waals surface area contributed by atoms with Crippen molar-refractivity contribution in [1.29, 1.82) is 0 Å². The Bertz CT molecular complexity index is 680. The van der Waals surface area contributed by atoms with E-state index in [0.29, 0.717) is 42.9 Å². The summed E-state index contributed by atoms with van der Waals surface area (Å²) in [6, 6.07) is 6.16. The van der Waals surface area contributed by atoms with E-state index in [1.165, 1.54) is 11.1 Å². The molecule has 122 valence electrons. The van der Waals surface area contributed by atoms with Gasteiger partial charge in [0.25, 0.3) is 0 Å². The summed E-state index contributed by atoms with van der Waals surface area (Å²) in [7, 11) is 0. The highest BCUT2D eigenvalue weighted by molar-refractivity contribution is 5.85. The average Bonchev–Trinajstić information content (AvgIpc) is 2.51. The molecule has 0 unspecified atom stereocenters. The molecular formula is C19H22ClNO2. The molecule has 3 nitrogen and oxygen atoms in total. The number of phenolic OH excluding ortho intramolecular Hbond substituents is 1. The van der Waals surface area contributed by atoms with Crippen molar-refractivity contribution < 1.29 is 9.90 Å². The minimum Gasteiger partial charge on any atom is -0.508 e. The summed E-state index contributed by atoms with van der Waals surface area (Å²) in [6.45, 7) is 1.66. The van der Waals surface area contributed by atoms with Gasteiger partial charge in [-0.25, -0.2) is 0 Å². The lowest BCUT2D eigenvalue weighted by molar-refractivity contribution is -0.127. The first-order valence-electron chi connectivity index (χ1n) is 8.15. The van der Waals surface area contributed by atoms with Crippen molar-refractivity contribution in [3.63, 3.8) is 0 Å². The van der Waals surface area contributed by atoms with Crippen LogP contribution in [0.5, 0.6) is 5.75 Å². The molecular weight excluding hydrogens is 310 g/mol. The predicted molar refractivity (Wildman–Crippen MR) is 91.9 cm³/mol. The molecule has 2 bridgehead atoms. The third-order valence-corrected chi connectivity index (χ3v) is 6.14. The molecule has 0 aromatic heterocycles. The fraction of sp³-hybridized carbons (Fsp3) is 0.526. The average molecular weight is 332 g/mol. The number of Topliss-reactive ketones (excluding diaryl/α,β-unsaturated/α-hetero) is 1. The van der Waals surface area contributed by atoms with Crippen LogP contribution in [0.1, 0.15) is 36.8 Å². The van der Waals surface area contributed by atoms with Crippen molar-refractivity contribution in [2.24, 2.45) is 5.92 Å². The fourth-order valence-electron chi connectivity index (χ4n) is 5.15. The van der Waals surface area contributed by atoms with Crippen molar-refractivity contribution >= 4 is 18.2 Å². The number of carbonyl (C=O) groups is 1. The fourth-order valence-corrected chi connectivity index (χ4v) is 5.15. The number of ketones is 1. The topological polar surface area (TPSA) is 40.5 Å². The second kappa shape index (κ2) is 5.85. The first-order valence-corrected chi connectivity index (χ1v) is 8.15. The normalized spacial score (nSPS) is 32.2. The molecule has 1 N–H and O–H groups in total. The molecule has 1 aromatic rings. The minimum absolute atomic E-state index is 0. The van der Waals surface area contributed by atoms with Crippen molar-refractivity contribution in [3.8, 4) is 18.1 Å². The number of terminal acetylenes is 1. The molecule has 0 radical (unpaired) electrons. The van der Waals surface area contributed by atoms with Crippen LogP contribution in [0.3, 0.4) is 0 Å². The number of rotatable bonds is 1. The minimum atomic E-state index is 0. The zero-order valence-corrected chi connectivity index (χ0v) is 13.9. The highest BCUT2D eigenvalue weighted by atomic mass is 35.5. The summed E-state index contributed by atoms with van der Waals surface area (Å²) in [4.78, 5) is 14.5. The summed E-state index contributed by atoms with van der Waals surface area (Å²) < 4.78 is 0. The molecule has 4 rings (SSSR count). The number of hydrogen-bond acceptors (Lipinski definition) is 3. The van der Waals surface area contributed by atoms with Crippen molar-refractivity contribution in [2.75, 3.05) is 13.1 Å². The molecule has 1 aliphatic heterocycles. The van der Waals surface area contributed by atoms with Gasteiger partial charge in [0, 0.05) is 30.8 Å². The third-order valence-electron chi connectivity index (χ3n) is 6.14. The molecule has 2 aliphatic carbocycles. The number of piperidine rings is 1. The van der Waals surface area contributed by atoms with Crippen molar-refractivity contribution in [1.82, 2.24) is 4.90 Å². The van der Waals surface area contributed by atoms with Gasteiger partial charge in [-0.15, -0.1) is 18.8 Å². The standard InChI is InChI=1S/C19H21NO2.ClH/c1-2-8-20-9-7-19-6-5-15(22)12-17(19)18(20)10-13-3-4-14(21)11-16(13)19;/h1,3-4,11,17-18,21H,5-10,12H2;1H/t17-,18+,19-;/m0./s1. The van der Waals surface area contributed by atoms with Gasteiger partial charge in [0.1, 0.15) is 11.5 Å². The number of likely N-dealkylation sites (tertiary alicyclic amines) is 1. The molecule has 3 aliphatic rings. The van der Waals surface area contributed by atoms with E-state index in [2.05, 4.69) is 16.9 Å². The smallest absolute Gasteiger partial charge is 0.133 e. The lowest BCUT2D eigenvalue weighted by Crippen LogP contribution is -2.61. The lowest BCUT2D eigenvalue weighted by atomic mass is 9.52. The zero-order chi connectivity index (χ0) is 15.3. The van der Waals surface area contributed by atoms with Crippen LogP contribution in [0.25, 0.3) is 0 Å². The van der Waals surface area contributed by atoms with Crippen LogP contribution >= 0.6 is 12.4 Å². The van der Waals surface area contributed by atoms with Gasteiger partial charge in [-0.05, 0) is 48.4 Å². The SMILES string of the molecule is C#CCN1CC[C@]23CCC(=O)C[C@H]2[C@H]1Cc1ccc(O)cc13.Cl. The van der Waals surface area contributed by atoms with E-state index in [9.17, 15) is 9.90 Å². The second-order valence-corrected chi connectivity index (χ2v) is 7.04. The second-order valence-electron chi connectivity index (χ2n) is 7.04. The quantitative estimate of drug-likeness (QED) is 0.804. The van der Waals surface area contributed by atoms with Crippen LogP contribution in [0, 0.1) is 18.3 Å². The van der Waals surface area contributed by atoms with Gasteiger partial charge in [0.2, 0.25) is 0 Å². The Morgan fingerprint density at radius 3 is 2.96 bits per heavy atom. The van der Waals surface area contributed by atoms with Crippen LogP contribution in [0.15, 0.2) is 18.2 Å². The van der Waals surface area contributed by atoms with Crippen LogP contribution in [-0.2, 0) is 16.6 Å². The summed E-state index contributed by atoms with van der Waals surface area (Å²) in [5, 5.41) is 9.96. The van der Waals surface area contributed by atoms with E-state index in [-0.39, 0.29) is 17.8 Å². The molecule has 23 heavy (non-hydrogen) atoms. The summed E-state index contributed by atoms with van der Waals surface area (Å²) in [5.74, 6) is 3.86. The zero-order valence-electron chi connectivity index (χ0n) is 13.1. The first kappa shape index (κ1) is 16.4. The van der Waals surface area contributed by atoms with Crippen molar-refractivity contribution in [2.45, 2.75) is 43.6 Å². The Labute approximate surface area is 143 Å². The molecule has 1 saturated heterocycles. The predicted octanol–water partition coefficient (Wildman–Crippen LogP) is 2.68. The Balaban J connectivity index is 0.00000156. The molecule has 1 saturated carbocycles. The number of carbonyl (C=O) groups excluding carboxylic acids is 1. The van der Waals surface area contributed by atoms with Gasteiger partial charge >= 0.3 is 0 Å². The van der Waals surface area contributed by atoms with E-state index in [1.807, 2.05) is 6.07 Å². The molecule has 1 heterocycles. The first-order chi connectivity index (χ1) is 10.6. The van der Waals surface area contributed by atoms with E-state index >= 15 is 0 Å². The van der Waals surface area contributed by atoms with E-state index in [0.717, 1.165) is 25.8 Å². The number of aromatic hydroxyl groups is 1. The largest absolute Gasteiger partial charge is 0.508 e. The molecule has 4 heteroatoms. The number of nitrogens with zero attached hydrogens (tertiary/aromatic N) is 1. The van der Waals surface area contributed by atoms with Gasteiger partial charge in [0.15, 0.2) is 0 Å². The molecule has 0 amide bonds. The number of halogens is 1. The number of fused-ring (bicyclic) bond motifs is 1. The maximum Gasteiger partial charge on any atom is 0.133 e. The molecule has 0 spiro atoms. The lowest BCUT2D eigenvalue weighted by Gasteiger charge is -2.58. The number of phenols is 1. The Hall–Kier alpha value is -1.50. The Kier molecular flexibility index (Phi) is 4.16. The van der Waals surface area contributed by atoms with Crippen molar-refractivity contribution in [3.05, 3.63) is 29.3 Å². The van der Waals surface area contributed by atoms with Gasteiger partial charge < -0.3 is 5.11 Å². The van der Waals surface area contributed by atoms with E-state index in [1.54, 1.807) is 6.07 Å². The summed E-state index contributed by atoms with van der Waals surface area (Å²) >= 11 is 0. The highest BCUT2D eigenvalue weighted by Gasteiger charge is 2.55. The van der Waals surface area contributed by atoms with Crippen LogP contribution < -0.4 is 0 Å². The van der Waals surface area contributed by atoms with Gasteiger partial charge in [-0.1, -0.05) is 12.0 Å². The van der Waals surface area contributed by atoms with Crippen LogP contribution in [-0.4, -0.2) is 34.9 Å². The van der Waals surface area contributed by atoms with Gasteiger partial charge in [-0.2, -0.15) is 0 Å². The summed E-state index contributed by atoms with van der Waals surface area (Å²) in [6.07, 6.45) is 9.79. The van der Waals surface area contributed by atoms with Gasteiger partial charge in [0.05, 0.1) is 6.54 Å². The monoisotopic (exact) mass is 331 g/mol. The highest BCUT2D eigenvalue weighted by Crippen LogP contribution is 2.55. The van der Waals surface area contributed by atoms with E-state index < -0.39 is 0 Å². The van der Waals surface area contributed by atoms with Crippen LogP contribution in [0.4, 0.5) is 0 Å². The molecule has 2 fully saturated rings. The molecule has 3 atom stereocenters. The maximum atomic E-state index is 12.1. The van der Waals surface area contributed by atoms with Gasteiger partial charge in [-0.3, -0.25) is 9.69 Å². The molecule has 1 aromatic carbocycles. The van der Waals surface area contributed by atoms with Crippen LogP contribution in [0.2, 0.25) is 0 Å². The third kappa shape index (κ3) is 2.36. The Morgan fingerprint density at radius 1 is 1.35 bits per heavy atom. The van der Waals surface area contributed by atoms with E-state index in [4.69, 9.17) is 6.42 Å².